The van der Waals surface area contributed by atoms with Gasteiger partial charge in [0.2, 0.25) is 0 Å². The Labute approximate surface area is 188 Å². The van der Waals surface area contributed by atoms with Crippen molar-refractivity contribution in [3.05, 3.63) is 96.8 Å². The van der Waals surface area contributed by atoms with E-state index in [9.17, 15) is 4.79 Å². The fraction of sp³-hybridized carbons (Fsp3) is 0.0476. The van der Waals surface area contributed by atoms with Crippen molar-refractivity contribution in [1.29, 1.82) is 0 Å². The van der Waals surface area contributed by atoms with Crippen LogP contribution in [0.2, 0.25) is 0 Å². The van der Waals surface area contributed by atoms with Crippen LogP contribution >= 0.6 is 47.8 Å². The fourth-order valence-corrected chi connectivity index (χ4v) is 4.26. The van der Waals surface area contributed by atoms with E-state index in [4.69, 9.17) is 4.74 Å². The summed E-state index contributed by atoms with van der Waals surface area (Å²) in [5.41, 5.74) is 4.84. The molecule has 4 nitrogen and oxygen atoms in total. The van der Waals surface area contributed by atoms with Crippen molar-refractivity contribution in [1.82, 2.24) is 5.43 Å². The third kappa shape index (κ3) is 5.53. The molecule has 1 N–H and O–H groups in total. The molecule has 0 saturated heterocycles. The van der Waals surface area contributed by atoms with Crippen LogP contribution in [0.3, 0.4) is 0 Å². The Kier molecular flexibility index (Phi) is 7.42. The number of hydrogen-bond donors (Lipinski definition) is 1. The van der Waals surface area contributed by atoms with Gasteiger partial charge in [-0.2, -0.15) is 5.10 Å². The number of carbonyl (C=O) groups is 1. The lowest BCUT2D eigenvalue weighted by atomic mass is 10.2. The number of nitrogens with one attached hydrogen (secondary N) is 1. The standard InChI is InChI=1S/C21H15Br3N2O2/c22-16-10-15(12-25-26-21(27)17-8-4-5-9-18(17)23)20(19(24)11-16)28-13-14-6-2-1-3-7-14/h1-12H,13H2,(H,26,27)/b25-12-. The number of hydrogen-bond acceptors (Lipinski definition) is 3. The van der Waals surface area contributed by atoms with Gasteiger partial charge in [-0.25, -0.2) is 5.43 Å². The predicted octanol–water partition coefficient (Wildman–Crippen LogP) is 6.32. The highest BCUT2D eigenvalue weighted by molar-refractivity contribution is 9.11. The van der Waals surface area contributed by atoms with E-state index in [-0.39, 0.29) is 5.91 Å². The molecule has 0 atom stereocenters. The molecular formula is C21H15Br3N2O2. The topological polar surface area (TPSA) is 50.7 Å². The van der Waals surface area contributed by atoms with Gasteiger partial charge in [-0.1, -0.05) is 58.4 Å². The molecule has 3 aromatic rings. The first-order valence-corrected chi connectivity index (χ1v) is 10.7. The van der Waals surface area contributed by atoms with Crippen LogP contribution in [0.1, 0.15) is 21.5 Å². The molecule has 7 heteroatoms. The van der Waals surface area contributed by atoms with E-state index in [1.54, 1.807) is 24.4 Å². The van der Waals surface area contributed by atoms with E-state index in [0.717, 1.165) is 20.1 Å². The summed E-state index contributed by atoms with van der Waals surface area (Å²) < 4.78 is 8.35. The van der Waals surface area contributed by atoms with E-state index in [1.165, 1.54) is 0 Å². The Morgan fingerprint density at radius 3 is 2.43 bits per heavy atom. The molecule has 1 amide bonds. The van der Waals surface area contributed by atoms with Gasteiger partial charge in [-0.3, -0.25) is 4.79 Å². The zero-order valence-corrected chi connectivity index (χ0v) is 19.3. The normalized spacial score (nSPS) is 10.8. The molecule has 0 aliphatic heterocycles. The SMILES string of the molecule is O=C(N/N=C\c1cc(Br)cc(Br)c1OCc1ccccc1)c1ccccc1Br. The number of carbonyl (C=O) groups excluding carboxylic acids is 1. The highest BCUT2D eigenvalue weighted by atomic mass is 79.9. The van der Waals surface area contributed by atoms with E-state index >= 15 is 0 Å². The molecule has 3 rings (SSSR count). The lowest BCUT2D eigenvalue weighted by molar-refractivity contribution is 0.0954. The van der Waals surface area contributed by atoms with Gasteiger partial charge in [0.15, 0.2) is 0 Å². The number of hydrazone groups is 1. The highest BCUT2D eigenvalue weighted by Gasteiger charge is 2.11. The van der Waals surface area contributed by atoms with Gasteiger partial charge < -0.3 is 4.74 Å². The number of amides is 1. The van der Waals surface area contributed by atoms with Gasteiger partial charge in [-0.05, 0) is 61.7 Å². The van der Waals surface area contributed by atoms with E-state index in [1.807, 2.05) is 48.5 Å². The van der Waals surface area contributed by atoms with Crippen molar-refractivity contribution in [3.8, 4) is 5.75 Å². The minimum atomic E-state index is -0.301. The molecule has 28 heavy (non-hydrogen) atoms. The summed E-state index contributed by atoms with van der Waals surface area (Å²) in [6.45, 7) is 0.422. The number of halogens is 3. The Balaban J connectivity index is 1.76. The first kappa shape index (κ1) is 20.8. The van der Waals surface area contributed by atoms with Gasteiger partial charge in [0.25, 0.3) is 5.91 Å². The molecule has 0 aromatic heterocycles. The van der Waals surface area contributed by atoms with Crippen molar-refractivity contribution in [3.63, 3.8) is 0 Å². The molecule has 0 aliphatic carbocycles. The second kappa shape index (κ2) is 10.0. The number of rotatable bonds is 6. The maximum atomic E-state index is 12.3. The molecule has 142 valence electrons. The second-order valence-electron chi connectivity index (χ2n) is 5.76. The Hall–Kier alpha value is -1.96. The monoisotopic (exact) mass is 564 g/mol. The molecule has 0 aliphatic rings. The van der Waals surface area contributed by atoms with Gasteiger partial charge in [0, 0.05) is 14.5 Å². The summed E-state index contributed by atoms with van der Waals surface area (Å²) in [6.07, 6.45) is 1.56. The van der Waals surface area contributed by atoms with E-state index in [2.05, 4.69) is 58.3 Å². The molecule has 0 bridgehead atoms. The molecule has 0 unspecified atom stereocenters. The van der Waals surface area contributed by atoms with Gasteiger partial charge in [0.05, 0.1) is 16.3 Å². The zero-order chi connectivity index (χ0) is 19.9. The summed E-state index contributed by atoms with van der Waals surface area (Å²) >= 11 is 10.4. The number of ether oxygens (including phenoxy) is 1. The summed E-state index contributed by atoms with van der Waals surface area (Å²) in [6, 6.07) is 20.8. The molecule has 0 saturated carbocycles. The summed E-state index contributed by atoms with van der Waals surface area (Å²) in [4.78, 5) is 12.3. The Bertz CT molecular complexity index is 1010. The van der Waals surface area contributed by atoms with E-state index in [0.29, 0.717) is 22.4 Å². The van der Waals surface area contributed by atoms with Crippen LogP contribution in [0.25, 0.3) is 0 Å². The quantitative estimate of drug-likeness (QED) is 0.280. The maximum Gasteiger partial charge on any atom is 0.272 e. The van der Waals surface area contributed by atoms with Gasteiger partial charge in [0.1, 0.15) is 12.4 Å². The third-order valence-electron chi connectivity index (χ3n) is 3.75. The first-order valence-electron chi connectivity index (χ1n) is 8.28. The fourth-order valence-electron chi connectivity index (χ4n) is 2.42. The molecular weight excluding hydrogens is 552 g/mol. The largest absolute Gasteiger partial charge is 0.487 e. The second-order valence-corrected chi connectivity index (χ2v) is 8.38. The van der Waals surface area contributed by atoms with Crippen molar-refractivity contribution in [2.45, 2.75) is 6.61 Å². The molecule has 0 heterocycles. The number of nitrogens with zero attached hydrogens (tertiary/aromatic N) is 1. The van der Waals surface area contributed by atoms with Crippen molar-refractivity contribution in [2.24, 2.45) is 5.10 Å². The average Bonchev–Trinajstić information content (AvgIpc) is 2.68. The van der Waals surface area contributed by atoms with Gasteiger partial charge >= 0.3 is 0 Å². The van der Waals surface area contributed by atoms with Crippen molar-refractivity contribution in [2.75, 3.05) is 0 Å². The van der Waals surface area contributed by atoms with Crippen LogP contribution < -0.4 is 10.2 Å². The first-order chi connectivity index (χ1) is 13.5. The minimum absolute atomic E-state index is 0.301. The average molecular weight is 567 g/mol. The van der Waals surface area contributed by atoms with Crippen LogP contribution in [0.15, 0.2) is 85.2 Å². The van der Waals surface area contributed by atoms with Gasteiger partial charge in [-0.15, -0.1) is 0 Å². The van der Waals surface area contributed by atoms with E-state index < -0.39 is 0 Å². The predicted molar refractivity (Wildman–Crippen MR) is 122 cm³/mol. The van der Waals surface area contributed by atoms with Crippen LogP contribution in [-0.4, -0.2) is 12.1 Å². The lowest BCUT2D eigenvalue weighted by Gasteiger charge is -2.12. The van der Waals surface area contributed by atoms with Crippen LogP contribution in [0, 0.1) is 0 Å². The molecule has 0 radical (unpaired) electrons. The molecule has 0 spiro atoms. The summed E-state index contributed by atoms with van der Waals surface area (Å²) in [7, 11) is 0. The summed E-state index contributed by atoms with van der Waals surface area (Å²) in [5, 5.41) is 4.09. The molecule has 0 fully saturated rings. The Morgan fingerprint density at radius 2 is 1.68 bits per heavy atom. The zero-order valence-electron chi connectivity index (χ0n) is 14.5. The molecule has 3 aromatic carbocycles. The van der Waals surface area contributed by atoms with Crippen LogP contribution in [0.5, 0.6) is 5.75 Å². The van der Waals surface area contributed by atoms with Crippen LogP contribution in [0.4, 0.5) is 0 Å². The highest BCUT2D eigenvalue weighted by Crippen LogP contribution is 2.32. The summed E-state index contributed by atoms with van der Waals surface area (Å²) in [5.74, 6) is 0.343. The number of benzene rings is 3. The third-order valence-corrected chi connectivity index (χ3v) is 5.49. The van der Waals surface area contributed by atoms with Crippen molar-refractivity contribution < 1.29 is 9.53 Å². The lowest BCUT2D eigenvalue weighted by Crippen LogP contribution is -2.18. The maximum absolute atomic E-state index is 12.3. The van der Waals surface area contributed by atoms with Crippen molar-refractivity contribution >= 4 is 59.9 Å². The Morgan fingerprint density at radius 1 is 0.964 bits per heavy atom. The van der Waals surface area contributed by atoms with Crippen LogP contribution in [-0.2, 0) is 6.61 Å². The minimum Gasteiger partial charge on any atom is -0.487 e. The smallest absolute Gasteiger partial charge is 0.272 e.